The molecule has 0 saturated carbocycles. The normalized spacial score (nSPS) is 32.0. The van der Waals surface area contributed by atoms with Crippen molar-refractivity contribution in [2.45, 2.75) is 55.3 Å². The van der Waals surface area contributed by atoms with Crippen LogP contribution < -0.4 is 14.9 Å². The Balaban J connectivity index is 1.42. The van der Waals surface area contributed by atoms with E-state index in [1.165, 1.54) is 13.2 Å². The Bertz CT molecular complexity index is 1490. The van der Waals surface area contributed by atoms with E-state index in [1.54, 1.807) is 0 Å². The van der Waals surface area contributed by atoms with Gasteiger partial charge in [-0.2, -0.15) is 0 Å². The second kappa shape index (κ2) is 11.1. The predicted molar refractivity (Wildman–Crippen MR) is 133 cm³/mol. The van der Waals surface area contributed by atoms with E-state index in [4.69, 9.17) is 28.1 Å². The maximum Gasteiger partial charge on any atom is 0.229 e. The second-order valence-corrected chi connectivity index (χ2v) is 9.57. The summed E-state index contributed by atoms with van der Waals surface area (Å²) in [5.74, 6) is -2.76. The van der Waals surface area contributed by atoms with Crippen LogP contribution in [0.4, 0.5) is 0 Å². The molecule has 0 aliphatic carbocycles. The van der Waals surface area contributed by atoms with E-state index in [0.717, 1.165) is 12.1 Å². The third kappa shape index (κ3) is 4.99. The molecule has 16 nitrogen and oxygen atoms in total. The van der Waals surface area contributed by atoms with Crippen molar-refractivity contribution in [2.24, 2.45) is 0 Å². The average Bonchev–Trinajstić information content (AvgIpc) is 3.22. The number of ether oxygens (including phenoxy) is 5. The zero-order valence-electron chi connectivity index (χ0n) is 21.2. The standard InChI is InChI=1S/C25H28O16/c1-36-11-2-7-10(3-8(11)27)38-12-4-9(28)23(19(32)15(12)16(7)29)41-25-22(35)20(33)18(31)14(40-25)6-37-24-21(34)17(30)13(5-26)39-24/h2-4,13-14,17-18,20-22,24-28,30-35H,5-6H2,1H3/t13-,14-,17-,18-,20+,21-,22-,24-,25+/m1/s1. The first kappa shape index (κ1) is 29.1. The molecular weight excluding hydrogens is 556 g/mol. The van der Waals surface area contributed by atoms with Gasteiger partial charge in [0.15, 0.2) is 29.3 Å². The minimum atomic E-state index is -1.93. The molecule has 0 bridgehead atoms. The van der Waals surface area contributed by atoms with Crippen LogP contribution in [0.1, 0.15) is 0 Å². The van der Waals surface area contributed by atoms with E-state index in [9.17, 15) is 50.8 Å². The Labute approximate surface area is 229 Å². The molecular formula is C25H28O16. The van der Waals surface area contributed by atoms with Gasteiger partial charge in [-0.15, -0.1) is 0 Å². The monoisotopic (exact) mass is 584 g/mol. The molecule has 2 fully saturated rings. The van der Waals surface area contributed by atoms with Gasteiger partial charge in [-0.25, -0.2) is 0 Å². The maximum absolute atomic E-state index is 13.2. The molecule has 9 N–H and O–H groups in total. The number of benzene rings is 2. The van der Waals surface area contributed by atoms with Crippen LogP contribution in [0.25, 0.3) is 21.9 Å². The van der Waals surface area contributed by atoms with Gasteiger partial charge in [0.05, 0.1) is 25.7 Å². The SMILES string of the molecule is COc1cc2c(=O)c3c(O)c(O[C@@H]4O[C@H](CO[C@@H]5O[C@H](CO)[C@@H](O)[C@H]5O)[C@@H](O)[C@H](O)[C@H]4O)c(O)cc3oc2cc1O. The third-order valence-electron chi connectivity index (χ3n) is 7.00. The minimum absolute atomic E-state index is 0.0460. The van der Waals surface area contributed by atoms with Gasteiger partial charge in [0.2, 0.25) is 17.5 Å². The van der Waals surface area contributed by atoms with Crippen LogP contribution in [0, 0.1) is 0 Å². The summed E-state index contributed by atoms with van der Waals surface area (Å²) in [6, 6.07) is 3.25. The summed E-state index contributed by atoms with van der Waals surface area (Å²) in [5, 5.41) is 91.3. The van der Waals surface area contributed by atoms with Gasteiger partial charge in [-0.3, -0.25) is 4.79 Å². The van der Waals surface area contributed by atoms with E-state index in [-0.39, 0.29) is 28.1 Å². The van der Waals surface area contributed by atoms with E-state index < -0.39 is 96.6 Å². The van der Waals surface area contributed by atoms with Crippen LogP contribution in [-0.4, -0.2) is 122 Å². The lowest BCUT2D eigenvalue weighted by Crippen LogP contribution is -2.60. The molecule has 224 valence electrons. The van der Waals surface area contributed by atoms with Crippen molar-refractivity contribution < 1.29 is 74.1 Å². The lowest BCUT2D eigenvalue weighted by atomic mass is 9.99. The fourth-order valence-electron chi connectivity index (χ4n) is 4.72. The summed E-state index contributed by atoms with van der Waals surface area (Å²) in [7, 11) is 1.27. The van der Waals surface area contributed by atoms with Crippen molar-refractivity contribution in [3.63, 3.8) is 0 Å². The molecule has 3 heterocycles. The topological polar surface area (TPSA) is 258 Å². The molecule has 2 saturated heterocycles. The first-order valence-electron chi connectivity index (χ1n) is 12.3. The number of aliphatic hydroxyl groups is 6. The second-order valence-electron chi connectivity index (χ2n) is 9.57. The Morgan fingerprint density at radius 1 is 0.805 bits per heavy atom. The number of hydrogen-bond acceptors (Lipinski definition) is 16. The molecule has 16 heteroatoms. The summed E-state index contributed by atoms with van der Waals surface area (Å²) in [6.45, 7) is -1.18. The smallest absolute Gasteiger partial charge is 0.229 e. The highest BCUT2D eigenvalue weighted by molar-refractivity contribution is 5.96. The predicted octanol–water partition coefficient (Wildman–Crippen LogP) is -2.29. The van der Waals surface area contributed by atoms with Gasteiger partial charge in [0, 0.05) is 12.1 Å². The summed E-state index contributed by atoms with van der Waals surface area (Å²) >= 11 is 0. The molecule has 3 aromatic rings. The fraction of sp³-hybridized carbons (Fsp3) is 0.480. The van der Waals surface area contributed by atoms with Crippen molar-refractivity contribution in [2.75, 3.05) is 20.3 Å². The van der Waals surface area contributed by atoms with Crippen molar-refractivity contribution in [3.8, 4) is 28.7 Å². The first-order valence-corrected chi connectivity index (χ1v) is 12.3. The number of hydrogen-bond donors (Lipinski definition) is 9. The molecule has 2 aliphatic heterocycles. The Morgan fingerprint density at radius 2 is 1.44 bits per heavy atom. The molecule has 9 atom stereocenters. The number of phenols is 3. The minimum Gasteiger partial charge on any atom is -0.504 e. The quantitative estimate of drug-likeness (QED) is 0.132. The van der Waals surface area contributed by atoms with Crippen molar-refractivity contribution >= 4 is 21.9 Å². The number of aromatic hydroxyl groups is 3. The van der Waals surface area contributed by atoms with Crippen LogP contribution in [0.5, 0.6) is 28.7 Å². The number of rotatable bonds is 7. The molecule has 0 amide bonds. The van der Waals surface area contributed by atoms with Crippen molar-refractivity contribution in [1.82, 2.24) is 0 Å². The average molecular weight is 584 g/mol. The molecule has 2 aliphatic rings. The van der Waals surface area contributed by atoms with Crippen LogP contribution >= 0.6 is 0 Å². The Hall–Kier alpha value is -3.45. The van der Waals surface area contributed by atoms with E-state index >= 15 is 0 Å². The van der Waals surface area contributed by atoms with E-state index in [0.29, 0.717) is 0 Å². The van der Waals surface area contributed by atoms with Crippen molar-refractivity contribution in [3.05, 3.63) is 28.4 Å². The molecule has 0 spiro atoms. The van der Waals surface area contributed by atoms with Gasteiger partial charge in [0.1, 0.15) is 59.3 Å². The first-order chi connectivity index (χ1) is 19.5. The number of methoxy groups -OCH3 is 1. The molecule has 0 unspecified atom stereocenters. The summed E-state index contributed by atoms with van der Waals surface area (Å²) < 4.78 is 32.1. The van der Waals surface area contributed by atoms with Gasteiger partial charge < -0.3 is 74.1 Å². The van der Waals surface area contributed by atoms with E-state index in [2.05, 4.69) is 0 Å². The van der Waals surface area contributed by atoms with Crippen LogP contribution in [0.2, 0.25) is 0 Å². The van der Waals surface area contributed by atoms with Gasteiger partial charge >= 0.3 is 0 Å². The van der Waals surface area contributed by atoms with E-state index in [1.807, 2.05) is 0 Å². The zero-order valence-corrected chi connectivity index (χ0v) is 21.2. The maximum atomic E-state index is 13.2. The molecule has 5 rings (SSSR count). The lowest BCUT2D eigenvalue weighted by Gasteiger charge is -2.40. The fourth-order valence-corrected chi connectivity index (χ4v) is 4.72. The van der Waals surface area contributed by atoms with Crippen LogP contribution in [-0.2, 0) is 14.2 Å². The van der Waals surface area contributed by atoms with Gasteiger partial charge in [0.25, 0.3) is 0 Å². The molecule has 41 heavy (non-hydrogen) atoms. The molecule has 1 aromatic heterocycles. The zero-order chi connectivity index (χ0) is 29.7. The lowest BCUT2D eigenvalue weighted by molar-refractivity contribution is -0.290. The number of phenolic OH excluding ortho intramolecular Hbond substituents is 3. The highest BCUT2D eigenvalue weighted by Crippen LogP contribution is 2.44. The number of fused-ring (bicyclic) bond motifs is 2. The van der Waals surface area contributed by atoms with Gasteiger partial charge in [-0.05, 0) is 6.07 Å². The highest BCUT2D eigenvalue weighted by Gasteiger charge is 2.48. The van der Waals surface area contributed by atoms with Gasteiger partial charge in [-0.1, -0.05) is 0 Å². The van der Waals surface area contributed by atoms with Crippen LogP contribution in [0.15, 0.2) is 27.4 Å². The van der Waals surface area contributed by atoms with Crippen molar-refractivity contribution in [1.29, 1.82) is 0 Å². The Morgan fingerprint density at radius 3 is 2.10 bits per heavy atom. The largest absolute Gasteiger partial charge is 0.504 e. The van der Waals surface area contributed by atoms with Crippen LogP contribution in [0.3, 0.4) is 0 Å². The summed E-state index contributed by atoms with van der Waals surface area (Å²) in [6.07, 6.45) is -14.4. The highest BCUT2D eigenvalue weighted by atomic mass is 16.7. The molecule has 2 aromatic carbocycles. The summed E-state index contributed by atoms with van der Waals surface area (Å²) in [4.78, 5) is 13.2. The number of aliphatic hydroxyl groups excluding tert-OH is 6. The third-order valence-corrected chi connectivity index (χ3v) is 7.00. The summed E-state index contributed by atoms with van der Waals surface area (Å²) in [5.41, 5.74) is -1.14. The Kier molecular flexibility index (Phi) is 7.86. The molecule has 0 radical (unpaired) electrons.